The topological polar surface area (TPSA) is 19.4 Å². The van der Waals surface area contributed by atoms with E-state index in [0.717, 1.165) is 12.2 Å². The Kier molecular flexibility index (Phi) is 5.63. The summed E-state index contributed by atoms with van der Waals surface area (Å²) in [5.74, 6) is 0.513. The molecule has 0 amide bonds. The van der Waals surface area contributed by atoms with Gasteiger partial charge in [-0.15, -0.1) is 22.9 Å². The van der Waals surface area contributed by atoms with E-state index < -0.39 is 0 Å². The first kappa shape index (κ1) is 15.2. The maximum atomic E-state index is 5.82. The third kappa shape index (κ3) is 3.69. The fourth-order valence-electron chi connectivity index (χ4n) is 2.77. The zero-order valence-electron chi connectivity index (χ0n) is 12.1. The Balaban J connectivity index is 1.93. The lowest BCUT2D eigenvalue weighted by Crippen LogP contribution is -2.39. The number of halogens is 1. The average molecular weight is 302 g/mol. The van der Waals surface area contributed by atoms with Gasteiger partial charge in [0.1, 0.15) is 5.01 Å². The summed E-state index contributed by atoms with van der Waals surface area (Å²) >= 11 is 7.55. The molecule has 5 heteroatoms. The van der Waals surface area contributed by atoms with Crippen LogP contribution in [0, 0.1) is 0 Å². The molecule has 1 saturated heterocycles. The van der Waals surface area contributed by atoms with E-state index in [4.69, 9.17) is 11.6 Å². The lowest BCUT2D eigenvalue weighted by molar-refractivity contribution is 0.170. The van der Waals surface area contributed by atoms with E-state index in [-0.39, 0.29) is 0 Å². The molecular formula is C14H24ClN3S. The van der Waals surface area contributed by atoms with Crippen LogP contribution in [0.1, 0.15) is 43.4 Å². The van der Waals surface area contributed by atoms with Gasteiger partial charge in [-0.3, -0.25) is 9.80 Å². The molecule has 19 heavy (non-hydrogen) atoms. The van der Waals surface area contributed by atoms with Gasteiger partial charge in [-0.1, -0.05) is 6.92 Å². The van der Waals surface area contributed by atoms with Gasteiger partial charge in [0.15, 0.2) is 0 Å². The van der Waals surface area contributed by atoms with Crippen molar-refractivity contribution >= 4 is 22.9 Å². The van der Waals surface area contributed by atoms with Gasteiger partial charge < -0.3 is 0 Å². The fourth-order valence-corrected chi connectivity index (χ4v) is 3.94. The molecule has 1 aromatic rings. The third-order valence-corrected chi connectivity index (χ3v) is 5.47. The molecule has 2 heterocycles. The molecule has 1 aliphatic heterocycles. The standard InChI is InChI=1S/C14H24ClN3S/c1-4-18-7-5-6-13(18)9-17(3)11(2)14-16-12(8-15)10-19-14/h10-11,13H,4-9H2,1-3H3. The molecule has 0 spiro atoms. The van der Waals surface area contributed by atoms with Crippen molar-refractivity contribution in [1.82, 2.24) is 14.8 Å². The number of hydrogen-bond acceptors (Lipinski definition) is 4. The summed E-state index contributed by atoms with van der Waals surface area (Å²) in [7, 11) is 2.21. The largest absolute Gasteiger partial charge is 0.299 e. The number of likely N-dealkylation sites (tertiary alicyclic amines) is 1. The Morgan fingerprint density at radius 1 is 1.63 bits per heavy atom. The van der Waals surface area contributed by atoms with Crippen LogP contribution in [0.25, 0.3) is 0 Å². The zero-order chi connectivity index (χ0) is 13.8. The Morgan fingerprint density at radius 2 is 2.42 bits per heavy atom. The van der Waals surface area contributed by atoms with Crippen LogP contribution in [0.3, 0.4) is 0 Å². The van der Waals surface area contributed by atoms with Gasteiger partial charge in [-0.05, 0) is 39.9 Å². The number of alkyl halides is 1. The van der Waals surface area contributed by atoms with Crippen molar-refractivity contribution in [3.63, 3.8) is 0 Å². The molecule has 0 aliphatic carbocycles. The molecular weight excluding hydrogens is 278 g/mol. The number of hydrogen-bond donors (Lipinski definition) is 0. The van der Waals surface area contributed by atoms with Crippen LogP contribution in [0.15, 0.2) is 5.38 Å². The fraction of sp³-hybridized carbons (Fsp3) is 0.786. The monoisotopic (exact) mass is 301 g/mol. The van der Waals surface area contributed by atoms with Crippen molar-refractivity contribution in [3.05, 3.63) is 16.1 Å². The van der Waals surface area contributed by atoms with E-state index in [2.05, 4.69) is 41.1 Å². The number of thiazole rings is 1. The van der Waals surface area contributed by atoms with Gasteiger partial charge in [0.25, 0.3) is 0 Å². The highest BCUT2D eigenvalue weighted by Gasteiger charge is 2.26. The van der Waals surface area contributed by atoms with Crippen LogP contribution in [0.5, 0.6) is 0 Å². The predicted octanol–water partition coefficient (Wildman–Crippen LogP) is 3.36. The zero-order valence-corrected chi connectivity index (χ0v) is 13.7. The molecule has 2 unspecified atom stereocenters. The van der Waals surface area contributed by atoms with E-state index in [0.29, 0.717) is 18.0 Å². The van der Waals surface area contributed by atoms with E-state index in [1.807, 2.05) is 0 Å². The number of nitrogens with zero attached hydrogens (tertiary/aromatic N) is 3. The summed E-state index contributed by atoms with van der Waals surface area (Å²) in [6, 6.07) is 1.09. The summed E-state index contributed by atoms with van der Waals surface area (Å²) in [6.07, 6.45) is 2.67. The van der Waals surface area contributed by atoms with E-state index in [1.54, 1.807) is 11.3 Å². The summed E-state index contributed by atoms with van der Waals surface area (Å²) in [6.45, 7) is 8.06. The van der Waals surface area contributed by atoms with Crippen molar-refractivity contribution < 1.29 is 0 Å². The van der Waals surface area contributed by atoms with E-state index in [9.17, 15) is 0 Å². The molecule has 0 radical (unpaired) electrons. The summed E-state index contributed by atoms with van der Waals surface area (Å²) in [5, 5.41) is 3.25. The van der Waals surface area contributed by atoms with Gasteiger partial charge in [0.05, 0.1) is 17.6 Å². The van der Waals surface area contributed by atoms with Gasteiger partial charge in [-0.2, -0.15) is 0 Å². The number of rotatable bonds is 6. The van der Waals surface area contributed by atoms with Crippen molar-refractivity contribution in [2.24, 2.45) is 0 Å². The molecule has 3 nitrogen and oxygen atoms in total. The van der Waals surface area contributed by atoms with Crippen LogP contribution in [-0.4, -0.2) is 47.5 Å². The maximum absolute atomic E-state index is 5.82. The minimum absolute atomic E-state index is 0.376. The van der Waals surface area contributed by atoms with Gasteiger partial charge in [0.2, 0.25) is 0 Å². The molecule has 2 atom stereocenters. The van der Waals surface area contributed by atoms with Crippen LogP contribution in [0.4, 0.5) is 0 Å². The second-order valence-electron chi connectivity index (χ2n) is 5.35. The highest BCUT2D eigenvalue weighted by Crippen LogP contribution is 2.25. The van der Waals surface area contributed by atoms with Crippen LogP contribution in [-0.2, 0) is 5.88 Å². The first-order valence-corrected chi connectivity index (χ1v) is 8.51. The molecule has 0 N–H and O–H groups in total. The molecule has 108 valence electrons. The van der Waals surface area contributed by atoms with E-state index in [1.165, 1.54) is 30.9 Å². The van der Waals surface area contributed by atoms with Crippen molar-refractivity contribution in [1.29, 1.82) is 0 Å². The average Bonchev–Trinajstić information content (AvgIpc) is 3.06. The quantitative estimate of drug-likeness (QED) is 0.751. The molecule has 1 aromatic heterocycles. The second-order valence-corrected chi connectivity index (χ2v) is 6.51. The number of aromatic nitrogens is 1. The molecule has 1 fully saturated rings. The smallest absolute Gasteiger partial charge is 0.110 e. The van der Waals surface area contributed by atoms with Crippen LogP contribution < -0.4 is 0 Å². The van der Waals surface area contributed by atoms with Crippen molar-refractivity contribution in [2.75, 3.05) is 26.7 Å². The lowest BCUT2D eigenvalue weighted by atomic mass is 10.2. The Morgan fingerprint density at radius 3 is 3.05 bits per heavy atom. The highest BCUT2D eigenvalue weighted by molar-refractivity contribution is 7.09. The van der Waals surface area contributed by atoms with Gasteiger partial charge in [-0.25, -0.2) is 4.98 Å². The first-order chi connectivity index (χ1) is 9.15. The second kappa shape index (κ2) is 7.02. The van der Waals surface area contributed by atoms with Gasteiger partial charge >= 0.3 is 0 Å². The third-order valence-electron chi connectivity index (χ3n) is 4.13. The molecule has 0 saturated carbocycles. The highest BCUT2D eigenvalue weighted by atomic mass is 35.5. The first-order valence-electron chi connectivity index (χ1n) is 7.10. The van der Waals surface area contributed by atoms with Crippen LogP contribution >= 0.6 is 22.9 Å². The molecule has 1 aliphatic rings. The summed E-state index contributed by atoms with van der Waals surface area (Å²) in [4.78, 5) is 9.61. The minimum Gasteiger partial charge on any atom is -0.299 e. The SMILES string of the molecule is CCN1CCCC1CN(C)C(C)c1nc(CCl)cs1. The predicted molar refractivity (Wildman–Crippen MR) is 83.0 cm³/mol. The summed E-state index contributed by atoms with van der Waals surface area (Å²) < 4.78 is 0. The molecule has 0 bridgehead atoms. The van der Waals surface area contributed by atoms with Gasteiger partial charge in [0, 0.05) is 18.0 Å². The normalized spacial score (nSPS) is 22.3. The van der Waals surface area contributed by atoms with Crippen molar-refractivity contribution in [2.45, 2.75) is 44.7 Å². The summed E-state index contributed by atoms with van der Waals surface area (Å²) in [5.41, 5.74) is 0.998. The Hall–Kier alpha value is -0.160. The number of likely N-dealkylation sites (N-methyl/N-ethyl adjacent to an activating group) is 2. The maximum Gasteiger partial charge on any atom is 0.110 e. The molecule has 0 aromatic carbocycles. The molecule has 2 rings (SSSR count). The van der Waals surface area contributed by atoms with Crippen molar-refractivity contribution in [3.8, 4) is 0 Å². The Labute approximate surface area is 125 Å². The van der Waals surface area contributed by atoms with Crippen LogP contribution in [0.2, 0.25) is 0 Å². The Bertz CT molecular complexity index is 396. The lowest BCUT2D eigenvalue weighted by Gasteiger charge is -2.30. The van der Waals surface area contributed by atoms with E-state index >= 15 is 0 Å². The minimum atomic E-state index is 0.376.